The molecule has 0 radical (unpaired) electrons. The number of carbonyl (C=O) groups excluding carboxylic acids is 8. The third kappa shape index (κ3) is 64.8. The molecule has 0 amide bonds. The zero-order valence-electron chi connectivity index (χ0n) is 62.2. The van der Waals surface area contributed by atoms with E-state index < -0.39 is 95.8 Å². The van der Waals surface area contributed by atoms with Crippen molar-refractivity contribution in [2.75, 3.05) is 106 Å². The van der Waals surface area contributed by atoms with Crippen LogP contribution in [-0.4, -0.2) is 176 Å². The molecule has 0 aromatic rings. The van der Waals surface area contributed by atoms with Crippen LogP contribution in [0.25, 0.3) is 0 Å². The molecule has 97 heavy (non-hydrogen) atoms. The fourth-order valence-electron chi connectivity index (χ4n) is 8.32. The van der Waals surface area contributed by atoms with Crippen LogP contribution in [0.15, 0.2) is 0 Å². The molecule has 0 aliphatic heterocycles. The van der Waals surface area contributed by atoms with Gasteiger partial charge in [-0.3, -0.25) is 19.2 Å². The van der Waals surface area contributed by atoms with Crippen LogP contribution in [0.5, 0.6) is 0 Å². The predicted octanol–water partition coefficient (Wildman–Crippen LogP) is 8.93. The molecule has 0 atom stereocenters. The topological polar surface area (TPSA) is 340 Å². The first-order valence-electron chi connectivity index (χ1n) is 36.3. The molecule has 0 saturated heterocycles. The SMILES string of the molecule is CCCCOCC(CC(=O)CC(=O)[O-])(OCCCC)OCCCC.CCCCOCC(CC(=O)CC(=O)[O-])(OCCCC)OCCCC.CCCCOCC(CC(=O)CC(=O)[O-])(OCCCC)OCCCC.CCCCOCC(CC(=O)CC(=O)[O-])(OCCCC)OCCCC.[Zr+4]. The van der Waals surface area contributed by atoms with E-state index in [2.05, 4.69) is 27.7 Å². The average Bonchev–Trinajstić information content (AvgIpc) is 1.23. The number of hydrogen-bond acceptors (Lipinski definition) is 24. The molecule has 24 nitrogen and oxygen atoms in total. The van der Waals surface area contributed by atoms with Gasteiger partial charge in [0, 0.05) is 76.0 Å². The molecule has 0 unspecified atom stereocenters. The van der Waals surface area contributed by atoms with Crippen molar-refractivity contribution in [3.8, 4) is 0 Å². The molecule has 0 aliphatic carbocycles. The van der Waals surface area contributed by atoms with Gasteiger partial charge in [-0.2, -0.15) is 0 Å². The van der Waals surface area contributed by atoms with E-state index in [9.17, 15) is 58.8 Å². The van der Waals surface area contributed by atoms with E-state index in [-0.39, 0.29) is 78.3 Å². The van der Waals surface area contributed by atoms with Crippen LogP contribution in [0.2, 0.25) is 0 Å². The van der Waals surface area contributed by atoms with E-state index in [1.807, 2.05) is 55.4 Å². The second-order valence-corrected chi connectivity index (χ2v) is 23.9. The Morgan fingerprint density at radius 3 is 0.464 bits per heavy atom. The van der Waals surface area contributed by atoms with Crippen LogP contribution in [0.4, 0.5) is 0 Å². The first kappa shape index (κ1) is 103. The van der Waals surface area contributed by atoms with E-state index in [4.69, 9.17) is 56.8 Å². The van der Waals surface area contributed by atoms with Gasteiger partial charge < -0.3 is 96.4 Å². The van der Waals surface area contributed by atoms with E-state index in [0.29, 0.717) is 79.3 Å². The zero-order valence-corrected chi connectivity index (χ0v) is 64.7. The monoisotopic (exact) mass is 1470 g/mol. The minimum absolute atomic E-state index is 0. The number of ether oxygens (including phenoxy) is 12. The van der Waals surface area contributed by atoms with E-state index in [0.717, 1.165) is 154 Å². The Bertz CT molecular complexity index is 1600. The van der Waals surface area contributed by atoms with Crippen LogP contribution in [0, 0.1) is 0 Å². The number of carboxylic acid groups (broad SMARTS) is 4. The summed E-state index contributed by atoms with van der Waals surface area (Å²) in [4.78, 5) is 90.6. The number of unbranched alkanes of at least 4 members (excludes halogenated alkanes) is 12. The number of Topliss-reactive ketones (excluding diaryl/α,β-unsaturated/α-hetero) is 4. The molecule has 0 aromatic heterocycles. The fourth-order valence-corrected chi connectivity index (χ4v) is 8.32. The quantitative estimate of drug-likeness (QED) is 0.0311. The van der Waals surface area contributed by atoms with Crippen LogP contribution in [0.3, 0.4) is 0 Å². The van der Waals surface area contributed by atoms with Gasteiger partial charge in [0.1, 0.15) is 49.6 Å². The largest absolute Gasteiger partial charge is 4.00 e. The van der Waals surface area contributed by atoms with Gasteiger partial charge in [-0.15, -0.1) is 0 Å². The second kappa shape index (κ2) is 71.4. The van der Waals surface area contributed by atoms with Crippen molar-refractivity contribution >= 4 is 47.0 Å². The fraction of sp³-hybridized carbons (Fsp3) is 0.889. The second-order valence-electron chi connectivity index (χ2n) is 23.9. The van der Waals surface area contributed by atoms with Crippen molar-refractivity contribution in [2.45, 2.75) is 312 Å². The van der Waals surface area contributed by atoms with Gasteiger partial charge in [0.15, 0.2) is 23.1 Å². The molecule has 0 fully saturated rings. The van der Waals surface area contributed by atoms with E-state index in [1.54, 1.807) is 0 Å². The molecule has 0 spiro atoms. The van der Waals surface area contributed by atoms with Gasteiger partial charge in [0.05, 0.1) is 78.5 Å². The first-order chi connectivity index (χ1) is 46.0. The summed E-state index contributed by atoms with van der Waals surface area (Å²) < 4.78 is 69.5. The molecular formula is C72H132O24Zr. The smallest absolute Gasteiger partial charge is 0.550 e. The molecule has 0 aromatic carbocycles. The third-order valence-electron chi connectivity index (χ3n) is 14.0. The summed E-state index contributed by atoms with van der Waals surface area (Å²) in [5.74, 6) is -12.2. The van der Waals surface area contributed by atoms with Crippen LogP contribution in [0.1, 0.15) is 289 Å². The summed E-state index contributed by atoms with van der Waals surface area (Å²) in [7, 11) is 0. The minimum atomic E-state index is -1.39. The first-order valence-corrected chi connectivity index (χ1v) is 36.3. The number of aliphatic carboxylic acids is 4. The molecule has 25 heteroatoms. The summed E-state index contributed by atoms with van der Waals surface area (Å²) in [6.07, 6.45) is 18.9. The third-order valence-corrected chi connectivity index (χ3v) is 14.0. The van der Waals surface area contributed by atoms with Gasteiger partial charge >= 0.3 is 26.2 Å². The standard InChI is InChI=1S/4C18H34O6.Zr/c4*1-4-7-10-22-15-18(23-11-8-5-2,24-12-9-6-3)14-16(19)13-17(20)21;/h4*4-15H2,1-3H3,(H,20,21);/q;;;;+4/p-4. The Labute approximate surface area is 603 Å². The molecule has 0 N–H and O–H groups in total. The van der Waals surface area contributed by atoms with E-state index in [1.165, 1.54) is 0 Å². The summed E-state index contributed by atoms with van der Waals surface area (Å²) in [5, 5.41) is 42.7. The predicted molar refractivity (Wildman–Crippen MR) is 358 cm³/mol. The Morgan fingerprint density at radius 1 is 0.227 bits per heavy atom. The van der Waals surface area contributed by atoms with Crippen molar-refractivity contribution < 1.29 is 142 Å². The van der Waals surface area contributed by atoms with Gasteiger partial charge in [0.25, 0.3) is 0 Å². The van der Waals surface area contributed by atoms with Crippen molar-refractivity contribution in [2.24, 2.45) is 0 Å². The molecule has 568 valence electrons. The van der Waals surface area contributed by atoms with Gasteiger partial charge in [-0.1, -0.05) is 160 Å². The molecular weight excluding hydrogens is 1340 g/mol. The van der Waals surface area contributed by atoms with Gasteiger partial charge in [-0.25, -0.2) is 0 Å². The number of rotatable bonds is 68. The van der Waals surface area contributed by atoms with Crippen LogP contribution >= 0.6 is 0 Å². The minimum Gasteiger partial charge on any atom is -0.550 e. The Hall–Kier alpha value is -3.04. The molecule has 0 aliphatic rings. The number of carboxylic acids is 4. The van der Waals surface area contributed by atoms with Crippen molar-refractivity contribution in [1.82, 2.24) is 0 Å². The summed E-state index contributed by atoms with van der Waals surface area (Å²) in [5.41, 5.74) is 0. The molecule has 0 rings (SSSR count). The van der Waals surface area contributed by atoms with Crippen molar-refractivity contribution in [3.63, 3.8) is 0 Å². The molecule has 0 saturated carbocycles. The number of carbonyl (C=O) groups is 8. The normalized spacial score (nSPS) is 11.5. The van der Waals surface area contributed by atoms with Gasteiger partial charge in [0.2, 0.25) is 0 Å². The van der Waals surface area contributed by atoms with Crippen molar-refractivity contribution in [1.29, 1.82) is 0 Å². The summed E-state index contributed by atoms with van der Waals surface area (Å²) in [6, 6.07) is 0. The number of ketones is 4. The maximum Gasteiger partial charge on any atom is 4.00 e. The average molecular weight is 1470 g/mol. The Kier molecular flexibility index (Phi) is 75.5. The zero-order chi connectivity index (χ0) is 73.0. The molecule has 0 bridgehead atoms. The Morgan fingerprint density at radius 2 is 0.351 bits per heavy atom. The Balaban J connectivity index is -0.000000386. The number of hydrogen-bond donors (Lipinski definition) is 0. The van der Waals surface area contributed by atoms with E-state index >= 15 is 0 Å². The summed E-state index contributed by atoms with van der Waals surface area (Å²) >= 11 is 0. The van der Waals surface area contributed by atoms with Crippen molar-refractivity contribution in [3.05, 3.63) is 0 Å². The van der Waals surface area contributed by atoms with Crippen LogP contribution < -0.4 is 20.4 Å². The summed E-state index contributed by atoms with van der Waals surface area (Å²) in [6.45, 7) is 30.9. The van der Waals surface area contributed by atoms with Crippen LogP contribution in [-0.2, 0) is 121 Å². The maximum absolute atomic E-state index is 12.0. The maximum atomic E-state index is 12.0. The van der Waals surface area contributed by atoms with Gasteiger partial charge in [-0.05, 0) is 77.0 Å². The molecule has 0 heterocycles.